The van der Waals surface area contributed by atoms with E-state index in [1.54, 1.807) is 0 Å². The molecule has 2 rings (SSSR count). The second-order valence-corrected chi connectivity index (χ2v) is 4.74. The maximum atomic E-state index is 10.9. The SMILES string of the molecule is NC(=O)c1ccc(O[C@@H]2O[C@H](C(=O)O)[C@@H](O)[C@H](O)[C@H]2O)cc1. The summed E-state index contributed by atoms with van der Waals surface area (Å²) in [7, 11) is 0. The minimum absolute atomic E-state index is 0.154. The van der Waals surface area contributed by atoms with Gasteiger partial charge in [-0.25, -0.2) is 4.79 Å². The van der Waals surface area contributed by atoms with Crippen molar-refractivity contribution in [3.63, 3.8) is 0 Å². The van der Waals surface area contributed by atoms with Gasteiger partial charge in [0.1, 0.15) is 24.1 Å². The van der Waals surface area contributed by atoms with Crippen LogP contribution in [-0.2, 0) is 9.53 Å². The lowest BCUT2D eigenvalue weighted by Crippen LogP contribution is -2.61. The van der Waals surface area contributed by atoms with Crippen molar-refractivity contribution in [2.75, 3.05) is 0 Å². The van der Waals surface area contributed by atoms with Gasteiger partial charge in [-0.15, -0.1) is 0 Å². The topological polar surface area (TPSA) is 160 Å². The highest BCUT2D eigenvalue weighted by molar-refractivity contribution is 5.92. The highest BCUT2D eigenvalue weighted by atomic mass is 16.7. The predicted molar refractivity (Wildman–Crippen MR) is 69.9 cm³/mol. The fraction of sp³-hybridized carbons (Fsp3) is 0.385. The molecule has 1 aliphatic heterocycles. The third-order valence-electron chi connectivity index (χ3n) is 3.20. The molecule has 5 atom stereocenters. The first-order valence-corrected chi connectivity index (χ1v) is 6.30. The van der Waals surface area contributed by atoms with E-state index in [-0.39, 0.29) is 11.3 Å². The van der Waals surface area contributed by atoms with Gasteiger partial charge in [-0.1, -0.05) is 0 Å². The number of aliphatic hydroxyl groups is 3. The molecule has 0 aliphatic carbocycles. The molecule has 1 fully saturated rings. The summed E-state index contributed by atoms with van der Waals surface area (Å²) in [6, 6.07) is 5.46. The molecular weight excluding hydrogens is 298 g/mol. The quantitative estimate of drug-likeness (QED) is 0.429. The third-order valence-corrected chi connectivity index (χ3v) is 3.20. The number of benzene rings is 1. The summed E-state index contributed by atoms with van der Waals surface area (Å²) < 4.78 is 10.2. The third kappa shape index (κ3) is 3.17. The van der Waals surface area contributed by atoms with Crippen LogP contribution in [0.2, 0.25) is 0 Å². The lowest BCUT2D eigenvalue weighted by molar-refractivity contribution is -0.271. The molecule has 0 spiro atoms. The summed E-state index contributed by atoms with van der Waals surface area (Å²) >= 11 is 0. The zero-order valence-electron chi connectivity index (χ0n) is 11.2. The van der Waals surface area contributed by atoms with Crippen LogP contribution >= 0.6 is 0 Å². The molecule has 9 heteroatoms. The van der Waals surface area contributed by atoms with E-state index in [0.717, 1.165) is 0 Å². The van der Waals surface area contributed by atoms with Gasteiger partial charge in [0.25, 0.3) is 0 Å². The number of amides is 1. The van der Waals surface area contributed by atoms with Crippen LogP contribution in [0.3, 0.4) is 0 Å². The van der Waals surface area contributed by atoms with Crippen molar-refractivity contribution in [3.05, 3.63) is 29.8 Å². The summed E-state index contributed by atoms with van der Waals surface area (Å²) in [6.45, 7) is 0. The zero-order valence-corrected chi connectivity index (χ0v) is 11.2. The van der Waals surface area contributed by atoms with Crippen LogP contribution < -0.4 is 10.5 Å². The Morgan fingerprint density at radius 2 is 1.64 bits per heavy atom. The molecular formula is C13H15NO8. The largest absolute Gasteiger partial charge is 0.479 e. The van der Waals surface area contributed by atoms with Crippen molar-refractivity contribution in [2.45, 2.75) is 30.7 Å². The van der Waals surface area contributed by atoms with E-state index in [4.69, 9.17) is 20.3 Å². The first-order chi connectivity index (χ1) is 10.3. The van der Waals surface area contributed by atoms with Crippen molar-refractivity contribution in [1.29, 1.82) is 0 Å². The van der Waals surface area contributed by atoms with Gasteiger partial charge in [0, 0.05) is 5.56 Å². The molecule has 1 aromatic carbocycles. The van der Waals surface area contributed by atoms with Crippen LogP contribution in [0.4, 0.5) is 0 Å². The normalized spacial score (nSPS) is 31.5. The molecule has 1 amide bonds. The number of aliphatic hydroxyl groups excluding tert-OH is 3. The van der Waals surface area contributed by atoms with Crippen molar-refractivity contribution in [1.82, 2.24) is 0 Å². The lowest BCUT2D eigenvalue weighted by Gasteiger charge is -2.38. The maximum Gasteiger partial charge on any atom is 0.335 e. The molecule has 1 saturated heterocycles. The van der Waals surface area contributed by atoms with E-state index in [2.05, 4.69) is 0 Å². The Morgan fingerprint density at radius 3 is 2.14 bits per heavy atom. The van der Waals surface area contributed by atoms with Gasteiger partial charge in [0.05, 0.1) is 0 Å². The minimum atomic E-state index is -1.79. The number of rotatable bonds is 4. The molecule has 0 aromatic heterocycles. The van der Waals surface area contributed by atoms with Crippen LogP contribution in [0.25, 0.3) is 0 Å². The summed E-state index contributed by atoms with van der Waals surface area (Å²) in [4.78, 5) is 21.9. The van der Waals surface area contributed by atoms with Crippen molar-refractivity contribution in [3.8, 4) is 5.75 Å². The standard InChI is InChI=1S/C13H15NO8/c14-11(18)5-1-3-6(4-2-5)21-13-9(17)7(15)8(16)10(22-13)12(19)20/h1-4,7-10,13,15-17H,(H2,14,18)(H,19,20)/t7-,8-,9+,10-,13+/m0/s1. The van der Waals surface area contributed by atoms with Crippen molar-refractivity contribution < 1.29 is 39.5 Å². The summed E-state index contributed by atoms with van der Waals surface area (Å²) in [5.41, 5.74) is 5.32. The smallest absolute Gasteiger partial charge is 0.335 e. The Morgan fingerprint density at radius 1 is 1.05 bits per heavy atom. The zero-order chi connectivity index (χ0) is 16.4. The monoisotopic (exact) mass is 313 g/mol. The molecule has 120 valence electrons. The average molecular weight is 313 g/mol. The Bertz CT molecular complexity index is 560. The maximum absolute atomic E-state index is 10.9. The van der Waals surface area contributed by atoms with Crippen LogP contribution in [0.1, 0.15) is 10.4 Å². The molecule has 1 aliphatic rings. The highest BCUT2D eigenvalue weighted by Crippen LogP contribution is 2.24. The Balaban J connectivity index is 2.13. The molecule has 22 heavy (non-hydrogen) atoms. The van der Waals surface area contributed by atoms with E-state index in [1.165, 1.54) is 24.3 Å². The number of hydrogen-bond donors (Lipinski definition) is 5. The molecule has 1 aromatic rings. The molecule has 1 heterocycles. The number of ether oxygens (including phenoxy) is 2. The number of primary amides is 1. The molecule has 0 unspecified atom stereocenters. The van der Waals surface area contributed by atoms with Crippen molar-refractivity contribution in [2.24, 2.45) is 5.73 Å². The van der Waals surface area contributed by atoms with E-state index in [1.807, 2.05) is 0 Å². The van der Waals surface area contributed by atoms with Crippen LogP contribution in [0, 0.1) is 0 Å². The Hall–Kier alpha value is -2.20. The van der Waals surface area contributed by atoms with Gasteiger partial charge in [0.2, 0.25) is 12.2 Å². The second kappa shape index (κ2) is 6.28. The average Bonchev–Trinajstić information content (AvgIpc) is 2.48. The number of aliphatic carboxylic acids is 1. The van der Waals surface area contributed by atoms with E-state index >= 15 is 0 Å². The van der Waals surface area contributed by atoms with Gasteiger partial charge in [-0.3, -0.25) is 4.79 Å². The van der Waals surface area contributed by atoms with E-state index < -0.39 is 42.6 Å². The molecule has 0 radical (unpaired) electrons. The Kier molecular flexibility index (Phi) is 4.62. The number of carboxylic acids is 1. The van der Waals surface area contributed by atoms with Crippen LogP contribution in [0.5, 0.6) is 5.75 Å². The number of nitrogens with two attached hydrogens (primary N) is 1. The van der Waals surface area contributed by atoms with E-state index in [0.29, 0.717) is 0 Å². The number of hydrogen-bond acceptors (Lipinski definition) is 7. The van der Waals surface area contributed by atoms with Gasteiger partial charge in [-0.05, 0) is 24.3 Å². The highest BCUT2D eigenvalue weighted by Gasteiger charge is 2.48. The number of carbonyl (C=O) groups excluding carboxylic acids is 1. The van der Waals surface area contributed by atoms with Gasteiger partial charge in [-0.2, -0.15) is 0 Å². The molecule has 6 N–H and O–H groups in total. The molecule has 0 saturated carbocycles. The second-order valence-electron chi connectivity index (χ2n) is 4.74. The van der Waals surface area contributed by atoms with E-state index in [9.17, 15) is 24.9 Å². The van der Waals surface area contributed by atoms with Crippen LogP contribution in [-0.4, -0.2) is 63.0 Å². The van der Waals surface area contributed by atoms with Gasteiger partial charge >= 0.3 is 5.97 Å². The summed E-state index contributed by atoms with van der Waals surface area (Å²) in [6.07, 6.45) is -8.43. The first-order valence-electron chi connectivity index (χ1n) is 6.30. The number of carboxylic acid groups (broad SMARTS) is 1. The fourth-order valence-electron chi connectivity index (χ4n) is 1.98. The van der Waals surface area contributed by atoms with Crippen LogP contribution in [0.15, 0.2) is 24.3 Å². The number of carbonyl (C=O) groups is 2. The molecule has 9 nitrogen and oxygen atoms in total. The minimum Gasteiger partial charge on any atom is -0.479 e. The summed E-state index contributed by atoms with van der Waals surface area (Å²) in [5.74, 6) is -1.98. The van der Waals surface area contributed by atoms with Gasteiger partial charge < -0.3 is 35.6 Å². The Labute approximate surface area is 124 Å². The predicted octanol–water partition coefficient (Wildman–Crippen LogP) is -1.94. The van der Waals surface area contributed by atoms with Crippen molar-refractivity contribution >= 4 is 11.9 Å². The lowest BCUT2D eigenvalue weighted by atomic mass is 9.99. The summed E-state index contributed by atoms with van der Waals surface area (Å²) in [5, 5.41) is 37.9. The van der Waals surface area contributed by atoms with Gasteiger partial charge in [0.15, 0.2) is 6.10 Å². The fourth-order valence-corrected chi connectivity index (χ4v) is 1.98. The first kappa shape index (κ1) is 16.2. The molecule has 0 bridgehead atoms.